The molecule has 5 nitrogen and oxygen atoms in total. The van der Waals surface area contributed by atoms with Gasteiger partial charge in [0.2, 0.25) is 0 Å². The number of aromatic nitrogens is 1. The molecule has 1 unspecified atom stereocenters. The van der Waals surface area contributed by atoms with E-state index in [1.165, 1.54) is 33.4 Å². The first-order valence-corrected chi connectivity index (χ1v) is 12.2. The van der Waals surface area contributed by atoms with Gasteiger partial charge in [-0.1, -0.05) is 30.3 Å². The Labute approximate surface area is 211 Å². The highest BCUT2D eigenvalue weighted by atomic mass is 19.4. The number of nitrogens with zero attached hydrogens (tertiary/aromatic N) is 2. The number of hydrogen-bond acceptors (Lipinski definition) is 3. The smallest absolute Gasteiger partial charge is 0.419 e. The van der Waals surface area contributed by atoms with E-state index in [4.69, 9.17) is 4.74 Å². The number of aryl methyl sites for hydroxylation is 1. The maximum absolute atomic E-state index is 13.4. The molecular weight excluding hydrogens is 486 g/mol. The van der Waals surface area contributed by atoms with Gasteiger partial charge in [0.1, 0.15) is 12.4 Å². The van der Waals surface area contributed by atoms with Crippen molar-refractivity contribution >= 4 is 27.9 Å². The molecular formula is C28H27F4N3O2. The molecule has 1 atom stereocenters. The number of rotatable bonds is 6. The molecule has 1 fully saturated rings. The first-order chi connectivity index (χ1) is 17.7. The van der Waals surface area contributed by atoms with E-state index < -0.39 is 23.7 Å². The van der Waals surface area contributed by atoms with Gasteiger partial charge in [-0.05, 0) is 54.8 Å². The number of halogens is 4. The Morgan fingerprint density at radius 1 is 1.03 bits per heavy atom. The molecule has 0 aliphatic carbocycles. The third-order valence-corrected chi connectivity index (χ3v) is 6.86. The molecule has 0 saturated carbocycles. The first-order valence-electron chi connectivity index (χ1n) is 12.2. The summed E-state index contributed by atoms with van der Waals surface area (Å²) < 4.78 is 59.5. The van der Waals surface area contributed by atoms with Crippen LogP contribution in [0.25, 0.3) is 21.8 Å². The van der Waals surface area contributed by atoms with Gasteiger partial charge in [-0.15, -0.1) is 0 Å². The van der Waals surface area contributed by atoms with Crippen molar-refractivity contribution in [2.45, 2.75) is 45.3 Å². The van der Waals surface area contributed by atoms with Crippen LogP contribution in [-0.4, -0.2) is 34.7 Å². The number of nitrogens with one attached hydrogen (secondary N) is 1. The largest absolute Gasteiger partial charge is 0.445 e. The van der Waals surface area contributed by atoms with E-state index in [-0.39, 0.29) is 18.2 Å². The van der Waals surface area contributed by atoms with E-state index in [0.717, 1.165) is 32.1 Å². The number of alkyl halides is 3. The molecule has 0 radical (unpaired) electrons. The van der Waals surface area contributed by atoms with Crippen LogP contribution in [0.5, 0.6) is 0 Å². The second kappa shape index (κ2) is 10.0. The number of carbonyl (C=O) groups is 1. The molecule has 194 valence electrons. The van der Waals surface area contributed by atoms with Crippen LogP contribution in [-0.2, 0) is 30.6 Å². The average molecular weight is 514 g/mol. The minimum atomic E-state index is -4.81. The van der Waals surface area contributed by atoms with Crippen molar-refractivity contribution < 1.29 is 27.1 Å². The lowest BCUT2D eigenvalue weighted by atomic mass is 10.1. The van der Waals surface area contributed by atoms with E-state index in [2.05, 4.69) is 64.2 Å². The van der Waals surface area contributed by atoms with Crippen LogP contribution in [0.2, 0.25) is 0 Å². The van der Waals surface area contributed by atoms with Gasteiger partial charge in [0.15, 0.2) is 0 Å². The third-order valence-electron chi connectivity index (χ3n) is 6.86. The summed E-state index contributed by atoms with van der Waals surface area (Å²) >= 11 is 0. The molecule has 1 saturated heterocycles. The van der Waals surface area contributed by atoms with Gasteiger partial charge in [0, 0.05) is 54.0 Å². The van der Waals surface area contributed by atoms with Crippen LogP contribution in [0.3, 0.4) is 0 Å². The minimum Gasteiger partial charge on any atom is -0.445 e. The molecule has 2 heterocycles. The Morgan fingerprint density at radius 3 is 2.57 bits per heavy atom. The average Bonchev–Trinajstić information content (AvgIpc) is 3.44. The van der Waals surface area contributed by atoms with E-state index >= 15 is 0 Å². The van der Waals surface area contributed by atoms with Gasteiger partial charge >= 0.3 is 12.3 Å². The molecule has 0 bridgehead atoms. The Balaban J connectivity index is 1.17. The fourth-order valence-electron chi connectivity index (χ4n) is 5.13. The van der Waals surface area contributed by atoms with Crippen molar-refractivity contribution in [3.05, 3.63) is 83.2 Å². The van der Waals surface area contributed by atoms with Crippen molar-refractivity contribution in [3.8, 4) is 0 Å². The number of fused-ring (bicyclic) bond motifs is 3. The van der Waals surface area contributed by atoms with Gasteiger partial charge in [-0.3, -0.25) is 4.90 Å². The Morgan fingerprint density at radius 2 is 1.78 bits per heavy atom. The fraction of sp³-hybridized carbons (Fsp3) is 0.321. The summed E-state index contributed by atoms with van der Waals surface area (Å²) in [4.78, 5) is 14.5. The molecule has 37 heavy (non-hydrogen) atoms. The van der Waals surface area contributed by atoms with Crippen LogP contribution < -0.4 is 5.32 Å². The number of hydrogen-bond donors (Lipinski definition) is 1. The van der Waals surface area contributed by atoms with Gasteiger partial charge in [0.25, 0.3) is 0 Å². The maximum atomic E-state index is 13.4. The Hall–Kier alpha value is -3.59. The summed E-state index contributed by atoms with van der Waals surface area (Å²) in [6.07, 6.45) is -4.78. The standard InChI is InChI=1S/C28H27F4N3O2/c1-2-35-25-6-4-3-5-21(25)22-13-18(8-10-26(22)35)15-34-12-11-20(16-34)33-27(36)37-17-19-7-9-24(29)23(14-19)28(30,31)32/h3-10,13-14,20H,2,11-12,15-17H2,1H3,(H,33,36). The van der Waals surface area contributed by atoms with Crippen LogP contribution in [0.1, 0.15) is 30.0 Å². The summed E-state index contributed by atoms with van der Waals surface area (Å²) in [6.45, 7) is 4.83. The third kappa shape index (κ3) is 5.27. The zero-order chi connectivity index (χ0) is 26.2. The molecule has 1 aliphatic rings. The molecule has 1 amide bonds. The minimum absolute atomic E-state index is 0.0664. The number of likely N-dealkylation sites (tertiary alicyclic amines) is 1. The van der Waals surface area contributed by atoms with Gasteiger partial charge in [0.05, 0.1) is 5.56 Å². The number of amides is 1. The van der Waals surface area contributed by atoms with Gasteiger partial charge < -0.3 is 14.6 Å². The van der Waals surface area contributed by atoms with Crippen molar-refractivity contribution in [2.24, 2.45) is 0 Å². The normalized spacial score (nSPS) is 16.5. The van der Waals surface area contributed by atoms with Crippen molar-refractivity contribution in [2.75, 3.05) is 13.1 Å². The zero-order valence-electron chi connectivity index (χ0n) is 20.3. The van der Waals surface area contributed by atoms with Crippen LogP contribution in [0, 0.1) is 5.82 Å². The van der Waals surface area contributed by atoms with Crippen molar-refractivity contribution in [3.63, 3.8) is 0 Å². The number of ether oxygens (including phenoxy) is 1. The lowest BCUT2D eigenvalue weighted by Gasteiger charge is -2.17. The molecule has 4 aromatic rings. The predicted molar refractivity (Wildman–Crippen MR) is 134 cm³/mol. The summed E-state index contributed by atoms with van der Waals surface area (Å²) in [7, 11) is 0. The molecule has 1 aliphatic heterocycles. The summed E-state index contributed by atoms with van der Waals surface area (Å²) in [5, 5.41) is 5.24. The molecule has 3 aromatic carbocycles. The Bertz CT molecular complexity index is 1450. The van der Waals surface area contributed by atoms with Gasteiger partial charge in [-0.2, -0.15) is 13.2 Å². The van der Waals surface area contributed by atoms with Crippen molar-refractivity contribution in [1.29, 1.82) is 0 Å². The molecule has 1 N–H and O–H groups in total. The SMILES string of the molecule is CCn1c2ccccc2c2cc(CN3CCC(NC(=O)OCc4ccc(F)c(C(F)(F)F)c4)C3)ccc21. The molecule has 0 spiro atoms. The van der Waals surface area contributed by atoms with Crippen LogP contribution in [0.15, 0.2) is 60.7 Å². The zero-order valence-corrected chi connectivity index (χ0v) is 20.3. The number of benzene rings is 3. The van der Waals surface area contributed by atoms with Crippen LogP contribution in [0.4, 0.5) is 22.4 Å². The lowest BCUT2D eigenvalue weighted by molar-refractivity contribution is -0.140. The molecule has 1 aromatic heterocycles. The first kappa shape index (κ1) is 25.1. The maximum Gasteiger partial charge on any atom is 0.419 e. The summed E-state index contributed by atoms with van der Waals surface area (Å²) in [6, 6.07) is 17.4. The Kier molecular flexibility index (Phi) is 6.81. The monoisotopic (exact) mass is 513 g/mol. The molecule has 9 heteroatoms. The quantitative estimate of drug-likeness (QED) is 0.301. The van der Waals surface area contributed by atoms with E-state index in [0.29, 0.717) is 12.6 Å². The topological polar surface area (TPSA) is 46.5 Å². The number of alkyl carbamates (subject to hydrolysis) is 1. The summed E-state index contributed by atoms with van der Waals surface area (Å²) in [5.41, 5.74) is 2.30. The van der Waals surface area contributed by atoms with E-state index in [1.807, 2.05) is 0 Å². The fourth-order valence-corrected chi connectivity index (χ4v) is 5.13. The predicted octanol–water partition coefficient (Wildman–Crippen LogP) is 6.47. The second-order valence-corrected chi connectivity index (χ2v) is 9.37. The number of para-hydroxylation sites is 1. The number of carbonyl (C=O) groups excluding carboxylic acids is 1. The highest BCUT2D eigenvalue weighted by molar-refractivity contribution is 6.08. The van der Waals surface area contributed by atoms with Crippen LogP contribution >= 0.6 is 0 Å². The lowest BCUT2D eigenvalue weighted by Crippen LogP contribution is -2.37. The van der Waals surface area contributed by atoms with Gasteiger partial charge in [-0.25, -0.2) is 9.18 Å². The van der Waals surface area contributed by atoms with Crippen molar-refractivity contribution in [1.82, 2.24) is 14.8 Å². The van der Waals surface area contributed by atoms with E-state index in [1.54, 1.807) is 0 Å². The molecule has 5 rings (SSSR count). The van der Waals surface area contributed by atoms with E-state index in [9.17, 15) is 22.4 Å². The highest BCUT2D eigenvalue weighted by Crippen LogP contribution is 2.32. The summed E-state index contributed by atoms with van der Waals surface area (Å²) in [5.74, 6) is -1.36. The second-order valence-electron chi connectivity index (χ2n) is 9.37. The highest BCUT2D eigenvalue weighted by Gasteiger charge is 2.34.